The van der Waals surface area contributed by atoms with Gasteiger partial charge in [0, 0.05) is 37.4 Å². The standard InChI is InChI=1S/C35H49N3O5/c1-6-8-31-30(23-26(7-2)27-11-15-29(16-12-27)43-24(3)4)33(39)32(34(40)36-28-13-9-25(5)10-14-28)35(41)38(31)18-17-37-19-21-42-22-20-37/h7-8,11-12,15-16,23-25,28,39H,6,9-10,13-14,17-22H2,1-5H3,(H,36,40)/b26-7+,30-23+,31-8-. The number of hydrogen-bond acceptors (Lipinski definition) is 6. The van der Waals surface area contributed by atoms with Crippen LogP contribution in [-0.4, -0.2) is 65.5 Å². The Bertz CT molecular complexity index is 1440. The van der Waals surface area contributed by atoms with Crippen LogP contribution in [0, 0.1) is 5.92 Å². The molecular weight excluding hydrogens is 542 g/mol. The van der Waals surface area contributed by atoms with Crippen LogP contribution in [0.5, 0.6) is 11.5 Å². The number of amides is 1. The van der Waals surface area contributed by atoms with Gasteiger partial charge in [0.1, 0.15) is 17.1 Å². The van der Waals surface area contributed by atoms with Crippen molar-refractivity contribution in [3.05, 3.63) is 62.4 Å². The summed E-state index contributed by atoms with van der Waals surface area (Å²) in [7, 11) is 0. The number of morpholine rings is 1. The monoisotopic (exact) mass is 591 g/mol. The topological polar surface area (TPSA) is 93.0 Å². The Morgan fingerprint density at radius 1 is 1.12 bits per heavy atom. The zero-order valence-electron chi connectivity index (χ0n) is 26.5. The molecule has 1 aromatic carbocycles. The molecule has 1 saturated carbocycles. The van der Waals surface area contributed by atoms with E-state index in [1.54, 1.807) is 4.57 Å². The lowest BCUT2D eigenvalue weighted by atomic mass is 9.87. The molecule has 2 aliphatic rings. The van der Waals surface area contributed by atoms with Crippen LogP contribution >= 0.6 is 0 Å². The van der Waals surface area contributed by atoms with Crippen molar-refractivity contribution in [1.82, 2.24) is 14.8 Å². The maximum Gasteiger partial charge on any atom is 0.267 e. The molecule has 2 aromatic rings. The zero-order chi connectivity index (χ0) is 30.9. The van der Waals surface area contributed by atoms with Gasteiger partial charge in [-0.25, -0.2) is 0 Å². The van der Waals surface area contributed by atoms with Crippen LogP contribution < -0.4 is 26.2 Å². The predicted molar refractivity (Wildman–Crippen MR) is 173 cm³/mol. The number of carbonyl (C=O) groups is 1. The molecule has 1 amide bonds. The quantitative estimate of drug-likeness (QED) is 0.433. The number of pyridine rings is 1. The number of carbonyl (C=O) groups excluding carboxylic acids is 1. The molecule has 8 nitrogen and oxygen atoms in total. The maximum atomic E-state index is 14.0. The SMILES string of the molecule is C\C=C(/C=c1/c(O)c(C(=O)NC2CCC(C)CC2)c(=O)n(CCN2CCOCC2)/c1=C\CC)c1ccc(OC(C)C)cc1. The van der Waals surface area contributed by atoms with E-state index in [1.807, 2.05) is 70.2 Å². The third-order valence-electron chi connectivity index (χ3n) is 8.41. The van der Waals surface area contributed by atoms with Gasteiger partial charge in [-0.15, -0.1) is 0 Å². The van der Waals surface area contributed by atoms with Gasteiger partial charge in [0.2, 0.25) is 0 Å². The second-order valence-electron chi connectivity index (χ2n) is 12.1. The van der Waals surface area contributed by atoms with Gasteiger partial charge in [0.25, 0.3) is 11.5 Å². The van der Waals surface area contributed by atoms with Crippen LogP contribution in [0.1, 0.15) is 82.6 Å². The van der Waals surface area contributed by atoms with E-state index in [1.165, 1.54) is 0 Å². The summed E-state index contributed by atoms with van der Waals surface area (Å²) in [4.78, 5) is 30.0. The molecule has 0 atom stereocenters. The normalized spacial score (nSPS) is 20.9. The number of nitrogens with one attached hydrogen (secondary N) is 1. The Morgan fingerprint density at radius 2 is 1.79 bits per heavy atom. The number of rotatable bonds is 10. The van der Waals surface area contributed by atoms with E-state index in [-0.39, 0.29) is 23.5 Å². The van der Waals surface area contributed by atoms with E-state index in [2.05, 4.69) is 17.1 Å². The highest BCUT2D eigenvalue weighted by atomic mass is 16.5. The van der Waals surface area contributed by atoms with Gasteiger partial charge in [0.15, 0.2) is 0 Å². The fourth-order valence-electron chi connectivity index (χ4n) is 5.94. The van der Waals surface area contributed by atoms with Crippen molar-refractivity contribution in [2.45, 2.75) is 85.4 Å². The van der Waals surface area contributed by atoms with Crippen molar-refractivity contribution in [3.63, 3.8) is 0 Å². The minimum Gasteiger partial charge on any atom is -0.506 e. The lowest BCUT2D eigenvalue weighted by Crippen LogP contribution is -2.50. The third-order valence-corrected chi connectivity index (χ3v) is 8.41. The first-order chi connectivity index (χ1) is 20.7. The van der Waals surface area contributed by atoms with Crippen molar-refractivity contribution in [2.24, 2.45) is 5.92 Å². The minimum absolute atomic E-state index is 0.00344. The summed E-state index contributed by atoms with van der Waals surface area (Å²) in [5.74, 6) is 0.643. The van der Waals surface area contributed by atoms with Crippen molar-refractivity contribution < 1.29 is 19.4 Å². The fourth-order valence-corrected chi connectivity index (χ4v) is 5.94. The number of ether oxygens (including phenoxy) is 2. The summed E-state index contributed by atoms with van der Waals surface area (Å²) in [6.45, 7) is 14.1. The number of benzene rings is 1. The molecule has 43 heavy (non-hydrogen) atoms. The summed E-state index contributed by atoms with van der Waals surface area (Å²) in [6.07, 6.45) is 10.4. The molecule has 8 heteroatoms. The van der Waals surface area contributed by atoms with Crippen molar-refractivity contribution in [1.29, 1.82) is 0 Å². The van der Waals surface area contributed by atoms with Gasteiger partial charge in [-0.05, 0) is 88.1 Å². The van der Waals surface area contributed by atoms with E-state index in [0.717, 1.165) is 55.7 Å². The first-order valence-corrected chi connectivity index (χ1v) is 15.9. The average molecular weight is 592 g/mol. The van der Waals surface area contributed by atoms with E-state index in [0.29, 0.717) is 49.2 Å². The van der Waals surface area contributed by atoms with Crippen molar-refractivity contribution in [2.75, 3.05) is 32.8 Å². The van der Waals surface area contributed by atoms with Crippen LogP contribution in [0.15, 0.2) is 35.1 Å². The summed E-state index contributed by atoms with van der Waals surface area (Å²) in [6, 6.07) is 7.82. The Labute approximate surface area is 255 Å². The summed E-state index contributed by atoms with van der Waals surface area (Å²) < 4.78 is 13.0. The summed E-state index contributed by atoms with van der Waals surface area (Å²) >= 11 is 0. The van der Waals surface area contributed by atoms with Gasteiger partial charge in [-0.2, -0.15) is 0 Å². The molecule has 4 rings (SSSR count). The van der Waals surface area contributed by atoms with E-state index in [9.17, 15) is 14.7 Å². The fraction of sp³-hybridized carbons (Fsp3) is 0.543. The van der Waals surface area contributed by atoms with Crippen LogP contribution in [-0.2, 0) is 11.3 Å². The second kappa shape index (κ2) is 15.4. The van der Waals surface area contributed by atoms with E-state index >= 15 is 0 Å². The first kappa shape index (κ1) is 32.6. The molecule has 0 radical (unpaired) electrons. The molecule has 1 aliphatic carbocycles. The Balaban J connectivity index is 1.82. The minimum atomic E-state index is -0.503. The Morgan fingerprint density at radius 3 is 2.40 bits per heavy atom. The highest BCUT2D eigenvalue weighted by Gasteiger charge is 2.26. The lowest BCUT2D eigenvalue weighted by molar-refractivity contribution is 0.0361. The summed E-state index contributed by atoms with van der Waals surface area (Å²) in [5, 5.41) is 15.9. The highest BCUT2D eigenvalue weighted by Crippen LogP contribution is 2.24. The number of allylic oxidation sites excluding steroid dienone is 2. The number of nitrogens with zero attached hydrogens (tertiary/aromatic N) is 2. The second-order valence-corrected chi connectivity index (χ2v) is 12.1. The average Bonchev–Trinajstić information content (AvgIpc) is 2.99. The molecule has 0 bridgehead atoms. The van der Waals surface area contributed by atoms with Crippen LogP contribution in [0.25, 0.3) is 17.7 Å². The van der Waals surface area contributed by atoms with E-state index < -0.39 is 11.5 Å². The number of aromatic nitrogens is 1. The molecule has 234 valence electrons. The van der Waals surface area contributed by atoms with Gasteiger partial charge in [-0.3, -0.25) is 14.5 Å². The highest BCUT2D eigenvalue weighted by molar-refractivity contribution is 5.97. The molecule has 0 spiro atoms. The summed E-state index contributed by atoms with van der Waals surface area (Å²) in [5.41, 5.74) is 1.16. The molecule has 2 heterocycles. The molecule has 2 N–H and O–H groups in total. The molecule has 1 aliphatic heterocycles. The molecule has 1 saturated heterocycles. The molecule has 0 unspecified atom stereocenters. The largest absolute Gasteiger partial charge is 0.506 e. The van der Waals surface area contributed by atoms with E-state index in [4.69, 9.17) is 9.47 Å². The predicted octanol–water partition coefficient (Wildman–Crippen LogP) is 4.06. The Hall–Kier alpha value is -3.36. The number of aromatic hydroxyl groups is 1. The van der Waals surface area contributed by atoms with Gasteiger partial charge >= 0.3 is 0 Å². The lowest BCUT2D eigenvalue weighted by Gasteiger charge is -2.27. The van der Waals surface area contributed by atoms with Crippen LogP contribution in [0.3, 0.4) is 0 Å². The third kappa shape index (κ3) is 8.39. The van der Waals surface area contributed by atoms with Crippen LogP contribution in [0.2, 0.25) is 0 Å². The van der Waals surface area contributed by atoms with Gasteiger partial charge in [0.05, 0.1) is 24.7 Å². The Kier molecular flexibility index (Phi) is 11.7. The maximum absolute atomic E-state index is 14.0. The zero-order valence-corrected chi connectivity index (χ0v) is 26.5. The van der Waals surface area contributed by atoms with Crippen LogP contribution in [0.4, 0.5) is 0 Å². The van der Waals surface area contributed by atoms with Gasteiger partial charge < -0.3 is 24.5 Å². The molecule has 1 aromatic heterocycles. The molecular formula is C35H49N3O5. The number of hydrogen-bond donors (Lipinski definition) is 2. The first-order valence-electron chi connectivity index (χ1n) is 15.9. The van der Waals surface area contributed by atoms with Crippen molar-refractivity contribution >= 4 is 23.6 Å². The smallest absolute Gasteiger partial charge is 0.267 e. The van der Waals surface area contributed by atoms with Crippen molar-refractivity contribution in [3.8, 4) is 11.5 Å². The molecule has 2 fully saturated rings. The van der Waals surface area contributed by atoms with Gasteiger partial charge in [-0.1, -0.05) is 38.1 Å².